The zero-order valence-corrected chi connectivity index (χ0v) is 11.6. The lowest BCUT2D eigenvalue weighted by Gasteiger charge is -2.17. The molecule has 1 amide bonds. The van der Waals surface area contributed by atoms with E-state index in [9.17, 15) is 4.79 Å². The van der Waals surface area contributed by atoms with Crippen molar-refractivity contribution in [2.45, 2.75) is 6.42 Å². The standard InChI is InChI=1S/C15H20N2O3/c1-16-9-15(18)17-8-13(14-10-19-11-20-14)7-12-5-3-2-4-6-12/h2-6,10,13,16H,7-9,11H2,1H3,(H,17,18). The fourth-order valence-corrected chi connectivity index (χ4v) is 2.10. The molecule has 0 aromatic heterocycles. The van der Waals surface area contributed by atoms with E-state index in [0.29, 0.717) is 13.1 Å². The molecule has 1 aromatic carbocycles. The van der Waals surface area contributed by atoms with E-state index < -0.39 is 0 Å². The van der Waals surface area contributed by atoms with E-state index in [4.69, 9.17) is 9.47 Å². The second-order valence-electron chi connectivity index (χ2n) is 4.67. The summed E-state index contributed by atoms with van der Waals surface area (Å²) < 4.78 is 10.6. The van der Waals surface area contributed by atoms with Gasteiger partial charge in [0.2, 0.25) is 12.7 Å². The van der Waals surface area contributed by atoms with Crippen LogP contribution in [0.4, 0.5) is 0 Å². The Balaban J connectivity index is 1.96. The van der Waals surface area contributed by atoms with E-state index in [2.05, 4.69) is 22.8 Å². The molecule has 1 heterocycles. The average Bonchev–Trinajstić information content (AvgIpc) is 2.99. The van der Waals surface area contributed by atoms with Crippen molar-refractivity contribution in [2.24, 2.45) is 5.92 Å². The number of ether oxygens (including phenoxy) is 2. The third kappa shape index (κ3) is 4.28. The average molecular weight is 276 g/mol. The lowest BCUT2D eigenvalue weighted by molar-refractivity contribution is -0.120. The third-order valence-electron chi connectivity index (χ3n) is 3.10. The molecule has 0 saturated carbocycles. The van der Waals surface area contributed by atoms with Crippen LogP contribution in [0.2, 0.25) is 0 Å². The van der Waals surface area contributed by atoms with Gasteiger partial charge < -0.3 is 20.1 Å². The van der Waals surface area contributed by atoms with Gasteiger partial charge in [-0.1, -0.05) is 30.3 Å². The molecule has 1 aliphatic heterocycles. The lowest BCUT2D eigenvalue weighted by Crippen LogP contribution is -2.36. The Labute approximate surface area is 119 Å². The van der Waals surface area contributed by atoms with Crippen molar-refractivity contribution in [1.82, 2.24) is 10.6 Å². The van der Waals surface area contributed by atoms with Gasteiger partial charge >= 0.3 is 0 Å². The molecule has 2 rings (SSSR count). The van der Waals surface area contributed by atoms with Crippen molar-refractivity contribution in [1.29, 1.82) is 0 Å². The van der Waals surface area contributed by atoms with Crippen LogP contribution in [-0.2, 0) is 20.7 Å². The molecule has 1 unspecified atom stereocenters. The van der Waals surface area contributed by atoms with Crippen molar-refractivity contribution in [2.75, 3.05) is 26.9 Å². The molecule has 5 nitrogen and oxygen atoms in total. The van der Waals surface area contributed by atoms with Crippen molar-refractivity contribution in [3.63, 3.8) is 0 Å². The number of hydrogen-bond donors (Lipinski definition) is 2. The van der Waals surface area contributed by atoms with Gasteiger partial charge in [0, 0.05) is 12.5 Å². The predicted octanol–water partition coefficient (Wildman–Crippen LogP) is 1.03. The summed E-state index contributed by atoms with van der Waals surface area (Å²) in [5, 5.41) is 5.73. The smallest absolute Gasteiger partial charge is 0.233 e. The second-order valence-corrected chi connectivity index (χ2v) is 4.67. The zero-order chi connectivity index (χ0) is 14.2. The van der Waals surface area contributed by atoms with Crippen LogP contribution < -0.4 is 10.6 Å². The first-order chi connectivity index (χ1) is 9.79. The minimum atomic E-state index is -0.0231. The van der Waals surface area contributed by atoms with Gasteiger partial charge in [0.1, 0.15) is 12.0 Å². The Morgan fingerprint density at radius 2 is 2.15 bits per heavy atom. The molecule has 0 aliphatic carbocycles. The molecule has 0 fully saturated rings. The Hall–Kier alpha value is -2.01. The Morgan fingerprint density at radius 3 is 2.80 bits per heavy atom. The zero-order valence-electron chi connectivity index (χ0n) is 11.6. The molecule has 1 atom stereocenters. The van der Waals surface area contributed by atoms with Crippen molar-refractivity contribution in [3.8, 4) is 0 Å². The molecular weight excluding hydrogens is 256 g/mol. The first-order valence-corrected chi connectivity index (χ1v) is 6.69. The van der Waals surface area contributed by atoms with Gasteiger partial charge in [-0.2, -0.15) is 0 Å². The summed E-state index contributed by atoms with van der Waals surface area (Å²) >= 11 is 0. The third-order valence-corrected chi connectivity index (χ3v) is 3.10. The Kier molecular flexibility index (Phi) is 5.43. The van der Waals surface area contributed by atoms with E-state index >= 15 is 0 Å². The van der Waals surface area contributed by atoms with Crippen LogP contribution in [0.1, 0.15) is 5.56 Å². The largest absolute Gasteiger partial charge is 0.462 e. The summed E-state index contributed by atoms with van der Waals surface area (Å²) in [5.41, 5.74) is 1.21. The first kappa shape index (κ1) is 14.4. The first-order valence-electron chi connectivity index (χ1n) is 6.69. The van der Waals surface area contributed by atoms with Gasteiger partial charge in [-0.25, -0.2) is 0 Å². The van der Waals surface area contributed by atoms with Gasteiger partial charge in [-0.15, -0.1) is 0 Å². The van der Waals surface area contributed by atoms with Gasteiger partial charge in [-0.3, -0.25) is 4.79 Å². The SMILES string of the molecule is CNCC(=O)NCC(Cc1ccccc1)C1=COCO1. The van der Waals surface area contributed by atoms with Crippen molar-refractivity contribution in [3.05, 3.63) is 47.9 Å². The van der Waals surface area contributed by atoms with Crippen molar-refractivity contribution < 1.29 is 14.3 Å². The highest BCUT2D eigenvalue weighted by Gasteiger charge is 2.21. The van der Waals surface area contributed by atoms with Crippen LogP contribution in [-0.4, -0.2) is 32.8 Å². The normalized spacial score (nSPS) is 14.9. The molecule has 0 radical (unpaired) electrons. The molecule has 108 valence electrons. The molecule has 2 N–H and O–H groups in total. The molecular formula is C15H20N2O3. The number of rotatable bonds is 7. The number of carbonyl (C=O) groups is 1. The van der Waals surface area contributed by atoms with Crippen LogP contribution in [0.25, 0.3) is 0 Å². The minimum absolute atomic E-state index is 0.0231. The summed E-state index contributed by atoms with van der Waals surface area (Å²) in [7, 11) is 1.75. The topological polar surface area (TPSA) is 59.6 Å². The summed E-state index contributed by atoms with van der Waals surface area (Å²) in [6.07, 6.45) is 2.44. The summed E-state index contributed by atoms with van der Waals surface area (Å²) in [6.45, 7) is 1.10. The van der Waals surface area contributed by atoms with Crippen LogP contribution in [0.15, 0.2) is 42.4 Å². The van der Waals surface area contributed by atoms with Crippen LogP contribution >= 0.6 is 0 Å². The van der Waals surface area contributed by atoms with E-state index in [1.54, 1.807) is 13.3 Å². The van der Waals surface area contributed by atoms with Crippen LogP contribution in [0, 0.1) is 5.92 Å². The van der Waals surface area contributed by atoms with E-state index in [1.165, 1.54) is 5.56 Å². The molecule has 0 spiro atoms. The summed E-state index contributed by atoms with van der Waals surface area (Å²) in [4.78, 5) is 11.5. The number of likely N-dealkylation sites (N-methyl/N-ethyl adjacent to an activating group) is 1. The van der Waals surface area contributed by atoms with Gasteiger partial charge in [0.15, 0.2) is 0 Å². The van der Waals surface area contributed by atoms with Crippen molar-refractivity contribution >= 4 is 5.91 Å². The fraction of sp³-hybridized carbons (Fsp3) is 0.400. The van der Waals surface area contributed by atoms with Gasteiger partial charge in [0.05, 0.1) is 6.54 Å². The van der Waals surface area contributed by atoms with E-state index in [1.807, 2.05) is 18.2 Å². The van der Waals surface area contributed by atoms with E-state index in [0.717, 1.165) is 12.2 Å². The maximum atomic E-state index is 11.5. The number of carbonyl (C=O) groups excluding carboxylic acids is 1. The maximum absolute atomic E-state index is 11.5. The lowest BCUT2D eigenvalue weighted by atomic mass is 9.97. The summed E-state index contributed by atoms with van der Waals surface area (Å²) in [5.74, 6) is 0.851. The molecule has 0 saturated heterocycles. The Bertz CT molecular complexity index is 459. The maximum Gasteiger partial charge on any atom is 0.233 e. The molecule has 5 heteroatoms. The highest BCUT2D eigenvalue weighted by atomic mass is 16.7. The predicted molar refractivity (Wildman–Crippen MR) is 75.7 cm³/mol. The Morgan fingerprint density at radius 1 is 1.35 bits per heavy atom. The van der Waals surface area contributed by atoms with Crippen LogP contribution in [0.3, 0.4) is 0 Å². The molecule has 20 heavy (non-hydrogen) atoms. The minimum Gasteiger partial charge on any atom is -0.462 e. The van der Waals surface area contributed by atoms with Crippen LogP contribution in [0.5, 0.6) is 0 Å². The molecule has 1 aliphatic rings. The molecule has 1 aromatic rings. The molecule has 0 bridgehead atoms. The van der Waals surface area contributed by atoms with Gasteiger partial charge in [0.25, 0.3) is 0 Å². The van der Waals surface area contributed by atoms with Gasteiger partial charge in [-0.05, 0) is 19.0 Å². The number of benzene rings is 1. The number of amides is 1. The highest BCUT2D eigenvalue weighted by molar-refractivity contribution is 5.77. The quantitative estimate of drug-likeness (QED) is 0.781. The van der Waals surface area contributed by atoms with E-state index in [-0.39, 0.29) is 18.6 Å². The number of nitrogens with one attached hydrogen (secondary N) is 2. The summed E-state index contributed by atoms with van der Waals surface area (Å²) in [6, 6.07) is 10.1. The fourth-order valence-electron chi connectivity index (χ4n) is 2.10. The monoisotopic (exact) mass is 276 g/mol. The number of hydrogen-bond acceptors (Lipinski definition) is 4. The second kappa shape index (κ2) is 7.55. The highest BCUT2D eigenvalue weighted by Crippen LogP contribution is 2.21.